The summed E-state index contributed by atoms with van der Waals surface area (Å²) in [6.45, 7) is 2.04. The van der Waals surface area contributed by atoms with Crippen LogP contribution in [0.25, 0.3) is 0 Å². The zero-order valence-corrected chi connectivity index (χ0v) is 11.1. The Kier molecular flexibility index (Phi) is 4.00. The van der Waals surface area contributed by atoms with Crippen molar-refractivity contribution >= 4 is 5.82 Å². The molecule has 1 aromatic rings. The van der Waals surface area contributed by atoms with E-state index in [2.05, 4.69) is 41.4 Å². The van der Waals surface area contributed by atoms with Crippen molar-refractivity contribution in [1.82, 2.24) is 9.88 Å². The van der Waals surface area contributed by atoms with Gasteiger partial charge in [-0.2, -0.15) is 0 Å². The molecule has 2 atom stereocenters. The summed E-state index contributed by atoms with van der Waals surface area (Å²) in [5, 5.41) is 3.57. The second-order valence-electron chi connectivity index (χ2n) is 5.29. The van der Waals surface area contributed by atoms with Gasteiger partial charge in [0.2, 0.25) is 0 Å². The third-order valence-corrected chi connectivity index (χ3v) is 3.62. The van der Waals surface area contributed by atoms with Crippen LogP contribution in [-0.4, -0.2) is 36.1 Å². The van der Waals surface area contributed by atoms with E-state index in [9.17, 15) is 0 Å². The summed E-state index contributed by atoms with van der Waals surface area (Å²) in [4.78, 5) is 6.86. The monoisotopic (exact) mass is 233 g/mol. The molecule has 1 aliphatic rings. The molecule has 1 N–H and O–H groups in total. The van der Waals surface area contributed by atoms with E-state index in [-0.39, 0.29) is 0 Å². The third-order valence-electron chi connectivity index (χ3n) is 3.62. The summed E-state index contributed by atoms with van der Waals surface area (Å²) in [5.74, 6) is 1.02. The number of nitrogens with one attached hydrogen (secondary N) is 1. The number of aromatic nitrogens is 1. The van der Waals surface area contributed by atoms with Gasteiger partial charge in [-0.05, 0) is 58.8 Å². The molecule has 0 saturated heterocycles. The van der Waals surface area contributed by atoms with Gasteiger partial charge in [-0.15, -0.1) is 0 Å². The highest BCUT2D eigenvalue weighted by Gasteiger charge is 2.23. The van der Waals surface area contributed by atoms with Crippen molar-refractivity contribution < 1.29 is 0 Å². The molecule has 1 saturated carbocycles. The Morgan fingerprint density at radius 3 is 2.82 bits per heavy atom. The van der Waals surface area contributed by atoms with Gasteiger partial charge in [0.1, 0.15) is 5.82 Å². The zero-order valence-electron chi connectivity index (χ0n) is 11.1. The molecule has 0 aliphatic heterocycles. The van der Waals surface area contributed by atoms with E-state index in [4.69, 9.17) is 0 Å². The SMILES string of the molecule is Cc1cccc(NC2CCCC(N(C)C)C2)n1. The summed E-state index contributed by atoms with van der Waals surface area (Å²) in [6, 6.07) is 7.45. The van der Waals surface area contributed by atoms with Gasteiger partial charge < -0.3 is 10.2 Å². The number of pyridine rings is 1. The van der Waals surface area contributed by atoms with Crippen LogP contribution >= 0.6 is 0 Å². The zero-order chi connectivity index (χ0) is 12.3. The first-order valence-electron chi connectivity index (χ1n) is 6.52. The Morgan fingerprint density at radius 1 is 1.29 bits per heavy atom. The Balaban J connectivity index is 1.94. The van der Waals surface area contributed by atoms with E-state index in [0.29, 0.717) is 12.1 Å². The quantitative estimate of drug-likeness (QED) is 0.870. The molecular weight excluding hydrogens is 210 g/mol. The van der Waals surface area contributed by atoms with Crippen molar-refractivity contribution in [3.63, 3.8) is 0 Å². The van der Waals surface area contributed by atoms with E-state index in [0.717, 1.165) is 11.5 Å². The van der Waals surface area contributed by atoms with Gasteiger partial charge in [0.05, 0.1) is 0 Å². The van der Waals surface area contributed by atoms with Crippen LogP contribution < -0.4 is 5.32 Å². The van der Waals surface area contributed by atoms with Crippen molar-refractivity contribution in [2.45, 2.75) is 44.7 Å². The highest BCUT2D eigenvalue weighted by Crippen LogP contribution is 2.24. The fraction of sp³-hybridized carbons (Fsp3) is 0.643. The normalized spacial score (nSPS) is 24.9. The van der Waals surface area contributed by atoms with Gasteiger partial charge in [0.15, 0.2) is 0 Å². The summed E-state index contributed by atoms with van der Waals surface area (Å²) < 4.78 is 0. The molecule has 0 spiro atoms. The maximum atomic E-state index is 4.51. The Morgan fingerprint density at radius 2 is 2.12 bits per heavy atom. The first kappa shape index (κ1) is 12.4. The lowest BCUT2D eigenvalue weighted by Gasteiger charge is -2.34. The van der Waals surface area contributed by atoms with Crippen molar-refractivity contribution in [2.75, 3.05) is 19.4 Å². The smallest absolute Gasteiger partial charge is 0.126 e. The highest BCUT2D eigenvalue weighted by atomic mass is 15.1. The molecule has 17 heavy (non-hydrogen) atoms. The molecule has 1 aliphatic carbocycles. The first-order chi connectivity index (χ1) is 8.15. The topological polar surface area (TPSA) is 28.2 Å². The van der Waals surface area contributed by atoms with Crippen LogP contribution in [-0.2, 0) is 0 Å². The maximum absolute atomic E-state index is 4.51. The van der Waals surface area contributed by atoms with Gasteiger partial charge in [-0.1, -0.05) is 6.07 Å². The van der Waals surface area contributed by atoms with Crippen LogP contribution in [0.2, 0.25) is 0 Å². The van der Waals surface area contributed by atoms with E-state index >= 15 is 0 Å². The molecule has 0 aromatic carbocycles. The minimum atomic E-state index is 0.574. The number of aryl methyl sites for hydroxylation is 1. The Hall–Kier alpha value is -1.09. The summed E-state index contributed by atoms with van der Waals surface area (Å²) in [6.07, 6.45) is 5.13. The van der Waals surface area contributed by atoms with Crippen LogP contribution in [0.15, 0.2) is 18.2 Å². The number of nitrogens with zero attached hydrogens (tertiary/aromatic N) is 2. The minimum absolute atomic E-state index is 0.574. The lowest BCUT2D eigenvalue weighted by molar-refractivity contribution is 0.219. The van der Waals surface area contributed by atoms with Crippen molar-refractivity contribution in [1.29, 1.82) is 0 Å². The van der Waals surface area contributed by atoms with Crippen molar-refractivity contribution in [3.05, 3.63) is 23.9 Å². The van der Waals surface area contributed by atoms with E-state index < -0.39 is 0 Å². The molecule has 0 radical (unpaired) electrons. The Bertz CT molecular complexity index is 362. The minimum Gasteiger partial charge on any atom is -0.367 e. The molecule has 1 heterocycles. The van der Waals surface area contributed by atoms with Gasteiger partial charge in [0, 0.05) is 17.8 Å². The lowest BCUT2D eigenvalue weighted by Crippen LogP contribution is -2.38. The van der Waals surface area contributed by atoms with Gasteiger partial charge in [-0.3, -0.25) is 0 Å². The van der Waals surface area contributed by atoms with E-state index in [1.54, 1.807) is 0 Å². The second-order valence-corrected chi connectivity index (χ2v) is 5.29. The fourth-order valence-electron chi connectivity index (χ4n) is 2.60. The van der Waals surface area contributed by atoms with Crippen LogP contribution in [0.3, 0.4) is 0 Å². The molecule has 2 unspecified atom stereocenters. The Labute approximate surface area is 104 Å². The maximum Gasteiger partial charge on any atom is 0.126 e. The average molecular weight is 233 g/mol. The molecular formula is C14H23N3. The number of anilines is 1. The van der Waals surface area contributed by atoms with Crippen LogP contribution in [0.5, 0.6) is 0 Å². The summed E-state index contributed by atoms with van der Waals surface area (Å²) in [7, 11) is 4.36. The molecule has 1 aromatic heterocycles. The van der Waals surface area contributed by atoms with Gasteiger partial charge in [-0.25, -0.2) is 4.98 Å². The van der Waals surface area contributed by atoms with Gasteiger partial charge >= 0.3 is 0 Å². The second kappa shape index (κ2) is 5.50. The lowest BCUT2D eigenvalue weighted by atomic mass is 9.90. The van der Waals surface area contributed by atoms with E-state index in [1.807, 2.05) is 13.0 Å². The van der Waals surface area contributed by atoms with Gasteiger partial charge in [0.25, 0.3) is 0 Å². The molecule has 3 nitrogen and oxygen atoms in total. The fourth-order valence-corrected chi connectivity index (χ4v) is 2.60. The molecule has 1 fully saturated rings. The van der Waals surface area contributed by atoms with Crippen LogP contribution in [0.4, 0.5) is 5.82 Å². The molecule has 94 valence electrons. The van der Waals surface area contributed by atoms with Crippen LogP contribution in [0.1, 0.15) is 31.4 Å². The highest BCUT2D eigenvalue weighted by molar-refractivity contribution is 5.36. The van der Waals surface area contributed by atoms with E-state index in [1.165, 1.54) is 25.7 Å². The largest absolute Gasteiger partial charge is 0.367 e. The summed E-state index contributed by atoms with van der Waals surface area (Å²) >= 11 is 0. The molecule has 0 bridgehead atoms. The van der Waals surface area contributed by atoms with Crippen LogP contribution in [0, 0.1) is 6.92 Å². The predicted octanol–water partition coefficient (Wildman–Crippen LogP) is 2.67. The number of hydrogen-bond acceptors (Lipinski definition) is 3. The molecule has 3 heteroatoms. The molecule has 2 rings (SSSR count). The molecule has 0 amide bonds. The first-order valence-corrected chi connectivity index (χ1v) is 6.52. The van der Waals surface area contributed by atoms with Crippen molar-refractivity contribution in [2.24, 2.45) is 0 Å². The number of rotatable bonds is 3. The standard InChI is InChI=1S/C14H23N3/c1-11-6-4-9-14(15-11)16-12-7-5-8-13(10-12)17(2)3/h4,6,9,12-13H,5,7-8,10H2,1-3H3,(H,15,16). The third kappa shape index (κ3) is 3.43. The predicted molar refractivity (Wildman–Crippen MR) is 72.3 cm³/mol. The summed E-state index contributed by atoms with van der Waals surface area (Å²) in [5.41, 5.74) is 1.08. The average Bonchev–Trinajstić information content (AvgIpc) is 2.29. The van der Waals surface area contributed by atoms with Crippen molar-refractivity contribution in [3.8, 4) is 0 Å². The number of hydrogen-bond donors (Lipinski definition) is 1.